The minimum absolute atomic E-state index is 0.119. The molecular weight excluding hydrogens is 205 g/mol. The number of halogens is 1. The molecule has 0 aliphatic carbocycles. The number of H-pyrrole nitrogens is 1. The SMILES string of the molecule is Cc1cnc(NC(C)c2ccccc2F)[nH]1. The van der Waals surface area contributed by atoms with E-state index in [0.29, 0.717) is 11.5 Å². The van der Waals surface area contributed by atoms with E-state index in [-0.39, 0.29) is 11.9 Å². The number of benzene rings is 1. The molecule has 16 heavy (non-hydrogen) atoms. The summed E-state index contributed by atoms with van der Waals surface area (Å²) < 4.78 is 13.5. The van der Waals surface area contributed by atoms with Gasteiger partial charge in [-0.1, -0.05) is 18.2 Å². The van der Waals surface area contributed by atoms with E-state index in [1.54, 1.807) is 18.3 Å². The lowest BCUT2D eigenvalue weighted by atomic mass is 10.1. The molecule has 2 aromatic rings. The van der Waals surface area contributed by atoms with Crippen LogP contribution in [0.2, 0.25) is 0 Å². The van der Waals surface area contributed by atoms with Gasteiger partial charge in [-0.3, -0.25) is 0 Å². The number of nitrogens with zero attached hydrogens (tertiary/aromatic N) is 1. The number of anilines is 1. The first-order chi connectivity index (χ1) is 7.66. The molecule has 4 heteroatoms. The highest BCUT2D eigenvalue weighted by molar-refractivity contribution is 5.32. The second-order valence-electron chi connectivity index (χ2n) is 3.80. The third kappa shape index (κ3) is 2.21. The molecule has 1 unspecified atom stereocenters. The predicted molar refractivity (Wildman–Crippen MR) is 61.8 cm³/mol. The second-order valence-corrected chi connectivity index (χ2v) is 3.80. The van der Waals surface area contributed by atoms with Gasteiger partial charge in [0.15, 0.2) is 0 Å². The van der Waals surface area contributed by atoms with E-state index < -0.39 is 0 Å². The zero-order chi connectivity index (χ0) is 11.5. The van der Waals surface area contributed by atoms with Gasteiger partial charge in [0.05, 0.1) is 6.04 Å². The molecule has 0 saturated heterocycles. The molecule has 1 atom stereocenters. The number of rotatable bonds is 3. The Labute approximate surface area is 93.7 Å². The molecular formula is C12H14FN3. The standard InChI is InChI=1S/C12H14FN3/c1-8-7-14-12(15-8)16-9(2)10-5-3-4-6-11(10)13/h3-7,9H,1-2H3,(H2,14,15,16). The van der Waals surface area contributed by atoms with Crippen LogP contribution in [0, 0.1) is 12.7 Å². The molecule has 0 fully saturated rings. The molecule has 3 nitrogen and oxygen atoms in total. The van der Waals surface area contributed by atoms with Gasteiger partial charge < -0.3 is 10.3 Å². The van der Waals surface area contributed by atoms with Gasteiger partial charge in [0.25, 0.3) is 0 Å². The fourth-order valence-electron chi connectivity index (χ4n) is 1.60. The maximum atomic E-state index is 13.5. The highest BCUT2D eigenvalue weighted by Crippen LogP contribution is 2.19. The molecule has 0 bridgehead atoms. The van der Waals surface area contributed by atoms with Crippen LogP contribution in [-0.2, 0) is 0 Å². The summed E-state index contributed by atoms with van der Waals surface area (Å²) in [5.41, 5.74) is 1.61. The number of hydrogen-bond donors (Lipinski definition) is 2. The molecule has 0 radical (unpaired) electrons. The summed E-state index contributed by atoms with van der Waals surface area (Å²) in [6, 6.07) is 6.61. The Hall–Kier alpha value is -1.84. The minimum atomic E-state index is -0.203. The van der Waals surface area contributed by atoms with E-state index >= 15 is 0 Å². The molecule has 0 aliphatic heterocycles. The first-order valence-electron chi connectivity index (χ1n) is 5.19. The van der Waals surface area contributed by atoms with E-state index in [4.69, 9.17) is 0 Å². The van der Waals surface area contributed by atoms with Gasteiger partial charge in [-0.05, 0) is 19.9 Å². The first kappa shape index (κ1) is 10.7. The van der Waals surface area contributed by atoms with Crippen LogP contribution in [0.1, 0.15) is 24.2 Å². The average molecular weight is 219 g/mol. The van der Waals surface area contributed by atoms with Crippen molar-refractivity contribution in [1.82, 2.24) is 9.97 Å². The number of aryl methyl sites for hydroxylation is 1. The topological polar surface area (TPSA) is 40.7 Å². The highest BCUT2D eigenvalue weighted by Gasteiger charge is 2.10. The van der Waals surface area contributed by atoms with Crippen molar-refractivity contribution in [3.63, 3.8) is 0 Å². The van der Waals surface area contributed by atoms with Crippen molar-refractivity contribution in [1.29, 1.82) is 0 Å². The quantitative estimate of drug-likeness (QED) is 0.833. The summed E-state index contributed by atoms with van der Waals surface area (Å²) in [6.07, 6.45) is 1.73. The highest BCUT2D eigenvalue weighted by atomic mass is 19.1. The van der Waals surface area contributed by atoms with Gasteiger partial charge in [-0.15, -0.1) is 0 Å². The first-order valence-corrected chi connectivity index (χ1v) is 5.19. The molecule has 1 aromatic heterocycles. The van der Waals surface area contributed by atoms with Gasteiger partial charge in [-0.2, -0.15) is 0 Å². The van der Waals surface area contributed by atoms with E-state index in [1.165, 1.54) is 6.07 Å². The van der Waals surface area contributed by atoms with E-state index in [2.05, 4.69) is 15.3 Å². The average Bonchev–Trinajstić information content (AvgIpc) is 2.64. The molecule has 0 aliphatic rings. The number of aromatic amines is 1. The Morgan fingerprint density at radius 3 is 2.75 bits per heavy atom. The van der Waals surface area contributed by atoms with Crippen molar-refractivity contribution in [2.24, 2.45) is 0 Å². The fraction of sp³-hybridized carbons (Fsp3) is 0.250. The van der Waals surface area contributed by atoms with Crippen LogP contribution in [0.25, 0.3) is 0 Å². The molecule has 84 valence electrons. The lowest BCUT2D eigenvalue weighted by Crippen LogP contribution is -2.09. The number of imidazole rings is 1. The fourth-order valence-corrected chi connectivity index (χ4v) is 1.60. The summed E-state index contributed by atoms with van der Waals surface area (Å²) in [4.78, 5) is 7.17. The predicted octanol–water partition coefficient (Wildman–Crippen LogP) is 3.03. The van der Waals surface area contributed by atoms with Crippen LogP contribution in [0.3, 0.4) is 0 Å². The lowest BCUT2D eigenvalue weighted by molar-refractivity contribution is 0.600. The van der Waals surface area contributed by atoms with Gasteiger partial charge in [0, 0.05) is 17.5 Å². The molecule has 2 rings (SSSR count). The molecule has 0 amide bonds. The Morgan fingerprint density at radius 2 is 2.12 bits per heavy atom. The van der Waals surface area contributed by atoms with Crippen LogP contribution >= 0.6 is 0 Å². The van der Waals surface area contributed by atoms with Crippen molar-refractivity contribution >= 4 is 5.95 Å². The zero-order valence-electron chi connectivity index (χ0n) is 9.29. The monoisotopic (exact) mass is 219 g/mol. The smallest absolute Gasteiger partial charge is 0.200 e. The largest absolute Gasteiger partial charge is 0.349 e. The number of hydrogen-bond acceptors (Lipinski definition) is 2. The maximum absolute atomic E-state index is 13.5. The van der Waals surface area contributed by atoms with Gasteiger partial charge in [0.1, 0.15) is 5.82 Å². The Bertz CT molecular complexity index is 479. The van der Waals surface area contributed by atoms with E-state index in [1.807, 2.05) is 19.9 Å². The van der Waals surface area contributed by atoms with E-state index in [9.17, 15) is 4.39 Å². The maximum Gasteiger partial charge on any atom is 0.200 e. The number of aromatic nitrogens is 2. The third-order valence-corrected chi connectivity index (χ3v) is 2.43. The van der Waals surface area contributed by atoms with Crippen molar-refractivity contribution < 1.29 is 4.39 Å². The third-order valence-electron chi connectivity index (χ3n) is 2.43. The molecule has 1 aromatic carbocycles. The van der Waals surface area contributed by atoms with Gasteiger partial charge >= 0.3 is 0 Å². The Morgan fingerprint density at radius 1 is 1.38 bits per heavy atom. The summed E-state index contributed by atoms with van der Waals surface area (Å²) in [5, 5.41) is 3.11. The van der Waals surface area contributed by atoms with E-state index in [0.717, 1.165) is 5.69 Å². The van der Waals surface area contributed by atoms with Gasteiger partial charge in [0.2, 0.25) is 5.95 Å². The minimum Gasteiger partial charge on any atom is -0.349 e. The summed E-state index contributed by atoms with van der Waals surface area (Å²) in [6.45, 7) is 3.82. The summed E-state index contributed by atoms with van der Waals surface area (Å²) >= 11 is 0. The number of nitrogens with one attached hydrogen (secondary N) is 2. The molecule has 0 spiro atoms. The van der Waals surface area contributed by atoms with Crippen LogP contribution in [0.15, 0.2) is 30.5 Å². The van der Waals surface area contributed by atoms with Crippen LogP contribution in [0.5, 0.6) is 0 Å². The Kier molecular flexibility index (Phi) is 2.90. The van der Waals surface area contributed by atoms with Crippen LogP contribution in [0.4, 0.5) is 10.3 Å². The van der Waals surface area contributed by atoms with Crippen LogP contribution in [-0.4, -0.2) is 9.97 Å². The zero-order valence-corrected chi connectivity index (χ0v) is 9.29. The Balaban J connectivity index is 2.14. The summed E-state index contributed by atoms with van der Waals surface area (Å²) in [5.74, 6) is 0.457. The van der Waals surface area contributed by atoms with Gasteiger partial charge in [-0.25, -0.2) is 9.37 Å². The van der Waals surface area contributed by atoms with Crippen molar-refractivity contribution in [2.45, 2.75) is 19.9 Å². The molecule has 0 saturated carbocycles. The second kappa shape index (κ2) is 4.35. The normalized spacial score (nSPS) is 12.4. The molecule has 2 N–H and O–H groups in total. The lowest BCUT2D eigenvalue weighted by Gasteiger charge is -2.13. The molecule has 1 heterocycles. The summed E-state index contributed by atoms with van der Waals surface area (Å²) in [7, 11) is 0. The van der Waals surface area contributed by atoms with Crippen molar-refractivity contribution in [2.75, 3.05) is 5.32 Å². The van der Waals surface area contributed by atoms with Crippen molar-refractivity contribution in [3.8, 4) is 0 Å². The van der Waals surface area contributed by atoms with Crippen LogP contribution < -0.4 is 5.32 Å². The van der Waals surface area contributed by atoms with Crippen molar-refractivity contribution in [3.05, 3.63) is 47.5 Å².